The third-order valence-electron chi connectivity index (χ3n) is 2.68. The van der Waals surface area contributed by atoms with Gasteiger partial charge in [-0.25, -0.2) is 0 Å². The summed E-state index contributed by atoms with van der Waals surface area (Å²) in [7, 11) is 1.67. The third kappa shape index (κ3) is 5.27. The fourth-order valence-corrected chi connectivity index (χ4v) is 2.80. The predicted octanol–water partition coefficient (Wildman–Crippen LogP) is 0.822. The monoisotopic (exact) mass is 260 g/mol. The molecule has 5 heteroatoms. The summed E-state index contributed by atoms with van der Waals surface area (Å²) in [5.74, 6) is 2.71. The number of carbonyl (C=O) groups excluding carboxylic acids is 1. The maximum absolute atomic E-state index is 12.3. The molecule has 1 heterocycles. The number of nitrogens with zero attached hydrogens (tertiary/aromatic N) is 1. The minimum absolute atomic E-state index is 0.00986. The highest BCUT2D eigenvalue weighted by Crippen LogP contribution is 2.11. The first-order valence-corrected chi connectivity index (χ1v) is 7.39. The van der Waals surface area contributed by atoms with Crippen LogP contribution in [0, 0.1) is 5.92 Å². The first-order valence-electron chi connectivity index (χ1n) is 6.24. The number of hydrogen-bond donors (Lipinski definition) is 1. The van der Waals surface area contributed by atoms with Crippen molar-refractivity contribution in [3.63, 3.8) is 0 Å². The summed E-state index contributed by atoms with van der Waals surface area (Å²) in [6, 6.07) is -0.00986. The zero-order chi connectivity index (χ0) is 12.7. The molecule has 0 radical (unpaired) electrons. The van der Waals surface area contributed by atoms with Gasteiger partial charge < -0.3 is 15.0 Å². The molecule has 0 saturated carbocycles. The average Bonchev–Trinajstić information content (AvgIpc) is 2.34. The number of rotatable bonds is 6. The van der Waals surface area contributed by atoms with Crippen LogP contribution in [-0.2, 0) is 9.53 Å². The number of methoxy groups -OCH3 is 1. The number of amides is 1. The second-order valence-corrected chi connectivity index (χ2v) is 5.90. The van der Waals surface area contributed by atoms with Gasteiger partial charge in [0, 0.05) is 38.2 Å². The first-order chi connectivity index (χ1) is 8.15. The number of hydrogen-bond acceptors (Lipinski definition) is 4. The van der Waals surface area contributed by atoms with E-state index in [0.717, 1.165) is 24.6 Å². The molecular formula is C12H24N2O2S. The van der Waals surface area contributed by atoms with E-state index in [9.17, 15) is 4.79 Å². The van der Waals surface area contributed by atoms with Crippen LogP contribution < -0.4 is 5.32 Å². The minimum Gasteiger partial charge on any atom is -0.383 e. The molecule has 0 aromatic carbocycles. The van der Waals surface area contributed by atoms with E-state index >= 15 is 0 Å². The summed E-state index contributed by atoms with van der Waals surface area (Å²) in [5.41, 5.74) is 0. The van der Waals surface area contributed by atoms with Crippen LogP contribution in [0.2, 0.25) is 0 Å². The van der Waals surface area contributed by atoms with Crippen molar-refractivity contribution in [1.82, 2.24) is 10.2 Å². The highest BCUT2D eigenvalue weighted by Gasteiger charge is 2.26. The Morgan fingerprint density at radius 1 is 1.59 bits per heavy atom. The van der Waals surface area contributed by atoms with Crippen LogP contribution in [-0.4, -0.2) is 61.7 Å². The molecule has 1 aliphatic heterocycles. The van der Waals surface area contributed by atoms with Crippen molar-refractivity contribution in [2.24, 2.45) is 5.92 Å². The second-order valence-electron chi connectivity index (χ2n) is 4.75. The van der Waals surface area contributed by atoms with Crippen LogP contribution in [0.3, 0.4) is 0 Å². The Hall–Kier alpha value is -0.260. The smallest absolute Gasteiger partial charge is 0.240 e. The molecule has 100 valence electrons. The van der Waals surface area contributed by atoms with E-state index in [2.05, 4.69) is 19.2 Å². The maximum Gasteiger partial charge on any atom is 0.240 e. The van der Waals surface area contributed by atoms with Crippen LogP contribution in [0.5, 0.6) is 0 Å². The fraction of sp³-hybridized carbons (Fsp3) is 0.917. The van der Waals surface area contributed by atoms with Crippen molar-refractivity contribution in [3.05, 3.63) is 0 Å². The van der Waals surface area contributed by atoms with Crippen LogP contribution in [0.4, 0.5) is 0 Å². The zero-order valence-electron chi connectivity index (χ0n) is 11.1. The standard InChI is InChI=1S/C12H24N2O2S/c1-10(2)8-14(5-6-16-3)12(15)11-9-17-7-4-13-11/h10-11,13H,4-9H2,1-3H3. The van der Waals surface area contributed by atoms with E-state index in [1.54, 1.807) is 7.11 Å². The molecule has 0 aromatic heterocycles. The Morgan fingerprint density at radius 2 is 2.35 bits per heavy atom. The van der Waals surface area contributed by atoms with Crippen LogP contribution >= 0.6 is 11.8 Å². The molecule has 1 saturated heterocycles. The lowest BCUT2D eigenvalue weighted by Crippen LogP contribution is -2.52. The Bertz CT molecular complexity index is 231. The van der Waals surface area contributed by atoms with Crippen LogP contribution in [0.1, 0.15) is 13.8 Å². The number of thioether (sulfide) groups is 1. The summed E-state index contributed by atoms with van der Waals surface area (Å²) in [6.45, 7) is 7.31. The molecule has 1 fully saturated rings. The molecule has 0 bridgehead atoms. The quantitative estimate of drug-likeness (QED) is 0.768. The normalized spacial score (nSPS) is 20.6. The van der Waals surface area contributed by atoms with Crippen LogP contribution in [0.25, 0.3) is 0 Å². The van der Waals surface area contributed by atoms with Crippen molar-refractivity contribution in [2.45, 2.75) is 19.9 Å². The van der Waals surface area contributed by atoms with Gasteiger partial charge in [0.1, 0.15) is 0 Å². The molecule has 1 amide bonds. The largest absolute Gasteiger partial charge is 0.383 e. The molecular weight excluding hydrogens is 236 g/mol. The zero-order valence-corrected chi connectivity index (χ0v) is 11.9. The van der Waals surface area contributed by atoms with Crippen molar-refractivity contribution >= 4 is 17.7 Å². The van der Waals surface area contributed by atoms with Crippen LogP contribution in [0.15, 0.2) is 0 Å². The number of nitrogens with one attached hydrogen (secondary N) is 1. The number of carbonyl (C=O) groups is 1. The Morgan fingerprint density at radius 3 is 2.88 bits per heavy atom. The van der Waals surface area contributed by atoms with Crippen molar-refractivity contribution in [2.75, 3.05) is 44.9 Å². The lowest BCUT2D eigenvalue weighted by Gasteiger charge is -2.30. The van der Waals surface area contributed by atoms with Crippen molar-refractivity contribution < 1.29 is 9.53 Å². The highest BCUT2D eigenvalue weighted by atomic mass is 32.2. The Balaban J connectivity index is 2.50. The lowest BCUT2D eigenvalue weighted by atomic mass is 10.2. The fourth-order valence-electron chi connectivity index (χ4n) is 1.88. The summed E-state index contributed by atoms with van der Waals surface area (Å²) < 4.78 is 5.07. The molecule has 17 heavy (non-hydrogen) atoms. The minimum atomic E-state index is -0.00986. The van der Waals surface area contributed by atoms with Gasteiger partial charge in [-0.05, 0) is 5.92 Å². The summed E-state index contributed by atoms with van der Waals surface area (Å²) >= 11 is 1.85. The van der Waals surface area contributed by atoms with Gasteiger partial charge in [0.2, 0.25) is 5.91 Å². The molecule has 1 rings (SSSR count). The molecule has 0 spiro atoms. The van der Waals surface area contributed by atoms with Crippen molar-refractivity contribution in [3.8, 4) is 0 Å². The molecule has 0 aliphatic carbocycles. The summed E-state index contributed by atoms with van der Waals surface area (Å²) in [4.78, 5) is 14.3. The molecule has 4 nitrogen and oxygen atoms in total. The third-order valence-corrected chi connectivity index (χ3v) is 3.74. The Labute approximate surface area is 108 Å². The van der Waals surface area contributed by atoms with Gasteiger partial charge in [-0.1, -0.05) is 13.8 Å². The number of ether oxygens (including phenoxy) is 1. The summed E-state index contributed by atoms with van der Waals surface area (Å²) in [5, 5.41) is 3.30. The maximum atomic E-state index is 12.3. The van der Waals surface area contributed by atoms with Gasteiger partial charge in [0.05, 0.1) is 12.6 Å². The Kier molecular flexibility index (Phi) is 6.92. The van der Waals surface area contributed by atoms with Gasteiger partial charge in [-0.2, -0.15) is 11.8 Å². The molecule has 1 N–H and O–H groups in total. The van der Waals surface area contributed by atoms with Gasteiger partial charge in [0.25, 0.3) is 0 Å². The van der Waals surface area contributed by atoms with Gasteiger partial charge >= 0.3 is 0 Å². The van der Waals surface area contributed by atoms with Gasteiger partial charge in [-0.3, -0.25) is 4.79 Å². The second kappa shape index (κ2) is 7.95. The van der Waals surface area contributed by atoms with E-state index in [1.807, 2.05) is 16.7 Å². The summed E-state index contributed by atoms with van der Waals surface area (Å²) in [6.07, 6.45) is 0. The van der Waals surface area contributed by atoms with E-state index in [-0.39, 0.29) is 11.9 Å². The SMILES string of the molecule is COCCN(CC(C)C)C(=O)C1CSCCN1. The van der Waals surface area contributed by atoms with E-state index in [4.69, 9.17) is 4.74 Å². The average molecular weight is 260 g/mol. The topological polar surface area (TPSA) is 41.6 Å². The van der Waals surface area contributed by atoms with E-state index < -0.39 is 0 Å². The lowest BCUT2D eigenvalue weighted by molar-refractivity contribution is -0.134. The molecule has 1 atom stereocenters. The predicted molar refractivity (Wildman–Crippen MR) is 72.4 cm³/mol. The van der Waals surface area contributed by atoms with E-state index in [1.165, 1.54) is 0 Å². The van der Waals surface area contributed by atoms with Crippen molar-refractivity contribution in [1.29, 1.82) is 0 Å². The highest BCUT2D eigenvalue weighted by molar-refractivity contribution is 7.99. The molecule has 1 aliphatic rings. The van der Waals surface area contributed by atoms with Gasteiger partial charge in [-0.15, -0.1) is 0 Å². The molecule has 1 unspecified atom stereocenters. The first kappa shape index (κ1) is 14.8. The van der Waals surface area contributed by atoms with Gasteiger partial charge in [0.15, 0.2) is 0 Å². The molecule has 0 aromatic rings. The van der Waals surface area contributed by atoms with E-state index in [0.29, 0.717) is 19.1 Å².